The Balaban J connectivity index is 1.82. The fourth-order valence-corrected chi connectivity index (χ4v) is 4.35. The summed E-state index contributed by atoms with van der Waals surface area (Å²) in [4.78, 5) is 25.9. The number of hydrogen-bond acceptors (Lipinski definition) is 4. The summed E-state index contributed by atoms with van der Waals surface area (Å²) in [5.74, 6) is -0.317. The zero-order chi connectivity index (χ0) is 25.4. The number of benzene rings is 3. The third-order valence-corrected chi connectivity index (χ3v) is 6.26. The number of nitriles is 1. The Morgan fingerprint density at radius 1 is 1.00 bits per heavy atom. The van der Waals surface area contributed by atoms with Gasteiger partial charge in [0.2, 0.25) is 5.91 Å². The summed E-state index contributed by atoms with van der Waals surface area (Å²) in [7, 11) is 1.58. The zero-order valence-corrected chi connectivity index (χ0v) is 20.9. The number of nitrogens with zero attached hydrogens (tertiary/aromatic N) is 1. The lowest BCUT2D eigenvalue weighted by Gasteiger charge is -2.23. The van der Waals surface area contributed by atoms with Crippen LogP contribution >= 0.6 is 23.2 Å². The minimum Gasteiger partial charge on any atom is -0.496 e. The number of carbonyl (C=O) groups is 2. The van der Waals surface area contributed by atoms with Crippen molar-refractivity contribution in [2.75, 3.05) is 13.7 Å². The number of halogens is 2. The molecule has 2 atom stereocenters. The maximum absolute atomic E-state index is 13.1. The summed E-state index contributed by atoms with van der Waals surface area (Å²) >= 11 is 12.8. The van der Waals surface area contributed by atoms with Crippen LogP contribution in [-0.2, 0) is 4.79 Å². The van der Waals surface area contributed by atoms with Crippen molar-refractivity contribution in [1.29, 1.82) is 5.26 Å². The lowest BCUT2D eigenvalue weighted by Crippen LogP contribution is -2.47. The van der Waals surface area contributed by atoms with E-state index in [1.165, 1.54) is 0 Å². The predicted molar refractivity (Wildman–Crippen MR) is 138 cm³/mol. The third kappa shape index (κ3) is 6.54. The maximum atomic E-state index is 13.1. The van der Waals surface area contributed by atoms with E-state index in [0.717, 1.165) is 11.1 Å². The lowest BCUT2D eigenvalue weighted by molar-refractivity contribution is -0.123. The normalized spacial score (nSPS) is 12.2. The van der Waals surface area contributed by atoms with E-state index in [0.29, 0.717) is 33.3 Å². The first-order valence-electron chi connectivity index (χ1n) is 11.0. The van der Waals surface area contributed by atoms with Gasteiger partial charge in [-0.25, -0.2) is 0 Å². The van der Waals surface area contributed by atoms with Gasteiger partial charge in [0, 0.05) is 26.7 Å². The Morgan fingerprint density at radius 2 is 1.69 bits per heavy atom. The van der Waals surface area contributed by atoms with Gasteiger partial charge in [-0.3, -0.25) is 9.59 Å². The standard InChI is InChI=1S/C27H25Cl2N3O3/c1-17(19-7-4-6-10-25(19)35-2)15-24(27(34)31-14-13-30)32-26(33)18-11-12-21(23(29)16-18)20-8-3-5-9-22(20)28/h3-12,16-17,24H,14-15H2,1-2H3,(H,31,34)(H,32,33)/t17-,24-/m0/s1. The Bertz CT molecular complexity index is 1260. The summed E-state index contributed by atoms with van der Waals surface area (Å²) in [5, 5.41) is 15.1. The van der Waals surface area contributed by atoms with Gasteiger partial charge in [-0.2, -0.15) is 5.26 Å². The van der Waals surface area contributed by atoms with Crippen molar-refractivity contribution in [2.24, 2.45) is 0 Å². The van der Waals surface area contributed by atoms with Crippen LogP contribution in [0.3, 0.4) is 0 Å². The number of hydrogen-bond donors (Lipinski definition) is 2. The SMILES string of the molecule is COc1ccccc1[C@@H](C)C[C@H](NC(=O)c1ccc(-c2ccccc2Cl)c(Cl)c1)C(=O)NCC#N. The van der Waals surface area contributed by atoms with Crippen LogP contribution in [0.2, 0.25) is 10.0 Å². The van der Waals surface area contributed by atoms with Crippen molar-refractivity contribution in [3.05, 3.63) is 87.9 Å². The molecule has 0 saturated heterocycles. The summed E-state index contributed by atoms with van der Waals surface area (Å²) in [5.41, 5.74) is 2.66. The van der Waals surface area contributed by atoms with Gasteiger partial charge in [0.05, 0.1) is 13.2 Å². The molecule has 8 heteroatoms. The number of rotatable bonds is 9. The number of amides is 2. The quantitative estimate of drug-likeness (QED) is 0.367. The van der Waals surface area contributed by atoms with Gasteiger partial charge in [0.1, 0.15) is 18.3 Å². The van der Waals surface area contributed by atoms with Gasteiger partial charge in [-0.05, 0) is 42.2 Å². The summed E-state index contributed by atoms with van der Waals surface area (Å²) < 4.78 is 5.44. The molecule has 0 aliphatic heterocycles. The first-order chi connectivity index (χ1) is 16.8. The smallest absolute Gasteiger partial charge is 0.251 e. The van der Waals surface area contributed by atoms with Crippen molar-refractivity contribution < 1.29 is 14.3 Å². The highest BCUT2D eigenvalue weighted by molar-refractivity contribution is 6.36. The number of para-hydroxylation sites is 1. The van der Waals surface area contributed by atoms with E-state index in [1.54, 1.807) is 31.4 Å². The molecule has 0 saturated carbocycles. The highest BCUT2D eigenvalue weighted by Crippen LogP contribution is 2.34. The largest absolute Gasteiger partial charge is 0.496 e. The molecule has 0 unspecified atom stereocenters. The summed E-state index contributed by atoms with van der Waals surface area (Å²) in [6, 6.07) is 20.7. The van der Waals surface area contributed by atoms with E-state index in [1.807, 2.05) is 55.5 Å². The molecular formula is C27H25Cl2N3O3. The Kier molecular flexibility index (Phi) is 9.13. The van der Waals surface area contributed by atoms with Gasteiger partial charge in [-0.15, -0.1) is 0 Å². The molecule has 0 spiro atoms. The highest BCUT2D eigenvalue weighted by atomic mass is 35.5. The minimum atomic E-state index is -0.877. The second kappa shape index (κ2) is 12.3. The van der Waals surface area contributed by atoms with Crippen molar-refractivity contribution in [3.63, 3.8) is 0 Å². The minimum absolute atomic E-state index is 0.115. The first-order valence-corrected chi connectivity index (χ1v) is 11.7. The molecule has 0 radical (unpaired) electrons. The molecule has 0 aromatic heterocycles. The molecule has 0 aliphatic carbocycles. The van der Waals surface area contributed by atoms with E-state index in [9.17, 15) is 9.59 Å². The van der Waals surface area contributed by atoms with E-state index < -0.39 is 17.9 Å². The molecule has 2 amide bonds. The molecule has 180 valence electrons. The monoisotopic (exact) mass is 509 g/mol. The zero-order valence-electron chi connectivity index (χ0n) is 19.3. The number of nitrogens with one attached hydrogen (secondary N) is 2. The molecule has 35 heavy (non-hydrogen) atoms. The van der Waals surface area contributed by atoms with E-state index in [4.69, 9.17) is 33.2 Å². The first kappa shape index (κ1) is 26.1. The van der Waals surface area contributed by atoms with Gasteiger partial charge in [-0.1, -0.05) is 72.6 Å². The lowest BCUT2D eigenvalue weighted by atomic mass is 9.92. The molecule has 0 fully saturated rings. The van der Waals surface area contributed by atoms with Crippen LogP contribution in [0.15, 0.2) is 66.7 Å². The highest BCUT2D eigenvalue weighted by Gasteiger charge is 2.25. The fraction of sp³-hybridized carbons (Fsp3) is 0.222. The van der Waals surface area contributed by atoms with Crippen molar-refractivity contribution in [1.82, 2.24) is 10.6 Å². The van der Waals surface area contributed by atoms with Gasteiger partial charge in [0.25, 0.3) is 5.91 Å². The molecule has 6 nitrogen and oxygen atoms in total. The van der Waals surface area contributed by atoms with Crippen LogP contribution in [0.5, 0.6) is 5.75 Å². The van der Waals surface area contributed by atoms with Crippen LogP contribution in [0.25, 0.3) is 11.1 Å². The molecular weight excluding hydrogens is 485 g/mol. The third-order valence-electron chi connectivity index (χ3n) is 5.62. The van der Waals surface area contributed by atoms with Gasteiger partial charge < -0.3 is 15.4 Å². The van der Waals surface area contributed by atoms with Crippen LogP contribution in [0, 0.1) is 11.3 Å². The number of carbonyl (C=O) groups excluding carboxylic acids is 2. The topological polar surface area (TPSA) is 91.2 Å². The van der Waals surface area contributed by atoms with Crippen molar-refractivity contribution in [2.45, 2.75) is 25.3 Å². The fourth-order valence-electron chi connectivity index (χ4n) is 3.83. The second-order valence-corrected chi connectivity index (χ2v) is 8.77. The summed E-state index contributed by atoms with van der Waals surface area (Å²) in [6.07, 6.45) is 0.300. The number of ether oxygens (including phenoxy) is 1. The average Bonchev–Trinajstić information content (AvgIpc) is 2.87. The predicted octanol–water partition coefficient (Wildman–Crippen LogP) is 5.60. The molecule has 3 rings (SSSR count). The van der Waals surface area contributed by atoms with Crippen molar-refractivity contribution in [3.8, 4) is 22.9 Å². The van der Waals surface area contributed by atoms with Gasteiger partial charge in [0.15, 0.2) is 0 Å². The Hall–Kier alpha value is -3.53. The Morgan fingerprint density at radius 3 is 2.37 bits per heavy atom. The van der Waals surface area contributed by atoms with Crippen LogP contribution in [0.4, 0.5) is 0 Å². The molecule has 0 aliphatic rings. The molecule has 3 aromatic rings. The average molecular weight is 510 g/mol. The molecule has 2 N–H and O–H groups in total. The van der Waals surface area contributed by atoms with E-state index in [2.05, 4.69) is 10.6 Å². The van der Waals surface area contributed by atoms with E-state index >= 15 is 0 Å². The molecule has 0 heterocycles. The van der Waals surface area contributed by atoms with Crippen molar-refractivity contribution >= 4 is 35.0 Å². The molecule has 0 bridgehead atoms. The Labute approximate surface area is 214 Å². The van der Waals surface area contributed by atoms with Crippen LogP contribution in [-0.4, -0.2) is 31.5 Å². The van der Waals surface area contributed by atoms with E-state index in [-0.39, 0.29) is 12.5 Å². The number of methoxy groups -OCH3 is 1. The second-order valence-electron chi connectivity index (χ2n) is 7.96. The molecule has 3 aromatic carbocycles. The van der Waals surface area contributed by atoms with Crippen LogP contribution in [0.1, 0.15) is 35.2 Å². The van der Waals surface area contributed by atoms with Gasteiger partial charge >= 0.3 is 0 Å². The maximum Gasteiger partial charge on any atom is 0.251 e. The van der Waals surface area contributed by atoms with Crippen LogP contribution < -0.4 is 15.4 Å². The summed E-state index contributed by atoms with van der Waals surface area (Å²) in [6.45, 7) is 1.79.